The third kappa shape index (κ3) is 3.11. The van der Waals surface area contributed by atoms with Crippen molar-refractivity contribution in [1.29, 1.82) is 0 Å². The number of amides is 1. The third-order valence-electron chi connectivity index (χ3n) is 4.28. The Bertz CT molecular complexity index is 552. The molecule has 1 aliphatic carbocycles. The zero-order chi connectivity index (χ0) is 14.7. The fraction of sp³-hybridized carbons (Fsp3) is 0.625. The number of hydrogen-bond acceptors (Lipinski definition) is 2. The maximum atomic E-state index is 12.4. The molecule has 110 valence electrons. The SMILES string of the molecule is Cc1cc(C)n(C)c(=O)c1C(=O)NC1CCCCCC1. The number of nitrogens with one attached hydrogen (secondary N) is 1. The van der Waals surface area contributed by atoms with E-state index in [2.05, 4.69) is 5.32 Å². The standard InChI is InChI=1S/C16H24N2O2/c1-11-10-12(2)18(3)16(20)14(11)15(19)17-13-8-6-4-5-7-9-13/h10,13H,4-9H2,1-3H3,(H,17,19). The summed E-state index contributed by atoms with van der Waals surface area (Å²) >= 11 is 0. The average Bonchev–Trinajstić information content (AvgIpc) is 2.64. The first-order valence-electron chi connectivity index (χ1n) is 7.49. The molecule has 0 radical (unpaired) electrons. The Kier molecular flexibility index (Phi) is 4.63. The molecule has 0 bridgehead atoms. The zero-order valence-electron chi connectivity index (χ0n) is 12.7. The van der Waals surface area contributed by atoms with Crippen molar-refractivity contribution >= 4 is 5.91 Å². The highest BCUT2D eigenvalue weighted by molar-refractivity contribution is 5.95. The molecular formula is C16H24N2O2. The summed E-state index contributed by atoms with van der Waals surface area (Å²) in [4.78, 5) is 24.7. The lowest BCUT2D eigenvalue weighted by Crippen LogP contribution is -2.39. The Morgan fingerprint density at radius 2 is 1.80 bits per heavy atom. The Morgan fingerprint density at radius 3 is 2.40 bits per heavy atom. The number of carbonyl (C=O) groups excluding carboxylic acids is 1. The van der Waals surface area contributed by atoms with Crippen LogP contribution in [0.4, 0.5) is 0 Å². The lowest BCUT2D eigenvalue weighted by Gasteiger charge is -2.17. The smallest absolute Gasteiger partial charge is 0.263 e. The van der Waals surface area contributed by atoms with Gasteiger partial charge < -0.3 is 9.88 Å². The monoisotopic (exact) mass is 276 g/mol. The van der Waals surface area contributed by atoms with Crippen molar-refractivity contribution in [2.45, 2.75) is 58.4 Å². The molecule has 0 spiro atoms. The summed E-state index contributed by atoms with van der Waals surface area (Å²) in [5.41, 5.74) is 1.73. The van der Waals surface area contributed by atoms with Crippen molar-refractivity contribution in [1.82, 2.24) is 9.88 Å². The van der Waals surface area contributed by atoms with Crippen molar-refractivity contribution in [2.75, 3.05) is 0 Å². The molecular weight excluding hydrogens is 252 g/mol. The molecule has 1 saturated carbocycles. The van der Waals surface area contributed by atoms with Crippen LogP contribution in [0.2, 0.25) is 0 Å². The Balaban J connectivity index is 2.21. The van der Waals surface area contributed by atoms with Gasteiger partial charge in [-0.15, -0.1) is 0 Å². The van der Waals surface area contributed by atoms with E-state index in [0.717, 1.165) is 36.9 Å². The number of rotatable bonds is 2. The van der Waals surface area contributed by atoms with Crippen LogP contribution < -0.4 is 10.9 Å². The number of hydrogen-bond donors (Lipinski definition) is 1. The molecule has 1 aliphatic rings. The predicted molar refractivity (Wildman–Crippen MR) is 80.1 cm³/mol. The fourth-order valence-corrected chi connectivity index (χ4v) is 2.94. The van der Waals surface area contributed by atoms with Gasteiger partial charge in [0, 0.05) is 18.8 Å². The van der Waals surface area contributed by atoms with E-state index < -0.39 is 0 Å². The molecule has 1 heterocycles. The van der Waals surface area contributed by atoms with Crippen molar-refractivity contribution in [2.24, 2.45) is 7.05 Å². The summed E-state index contributed by atoms with van der Waals surface area (Å²) in [5.74, 6) is -0.213. The first-order chi connectivity index (χ1) is 9.50. The van der Waals surface area contributed by atoms with Crippen LogP contribution in [-0.4, -0.2) is 16.5 Å². The van der Waals surface area contributed by atoms with E-state index in [1.165, 1.54) is 17.4 Å². The van der Waals surface area contributed by atoms with E-state index in [0.29, 0.717) is 5.56 Å². The van der Waals surface area contributed by atoms with Gasteiger partial charge in [-0.05, 0) is 38.3 Å². The molecule has 0 atom stereocenters. The summed E-state index contributed by atoms with van der Waals surface area (Å²) in [6, 6.07) is 2.11. The molecule has 1 N–H and O–H groups in total. The molecule has 1 amide bonds. The Hall–Kier alpha value is -1.58. The number of nitrogens with zero attached hydrogens (tertiary/aromatic N) is 1. The van der Waals surface area contributed by atoms with Crippen LogP contribution in [0.15, 0.2) is 10.9 Å². The predicted octanol–water partition coefficient (Wildman–Crippen LogP) is 2.45. The summed E-state index contributed by atoms with van der Waals surface area (Å²) in [7, 11) is 1.71. The highest BCUT2D eigenvalue weighted by Gasteiger charge is 2.20. The summed E-state index contributed by atoms with van der Waals surface area (Å²) in [6.07, 6.45) is 6.87. The molecule has 1 aromatic rings. The molecule has 1 fully saturated rings. The Morgan fingerprint density at radius 1 is 1.20 bits per heavy atom. The van der Waals surface area contributed by atoms with Gasteiger partial charge in [-0.25, -0.2) is 0 Å². The maximum absolute atomic E-state index is 12.4. The van der Waals surface area contributed by atoms with Gasteiger partial charge in [-0.2, -0.15) is 0 Å². The maximum Gasteiger partial charge on any atom is 0.263 e. The number of aryl methyl sites for hydroxylation is 2. The van der Waals surface area contributed by atoms with Crippen molar-refractivity contribution in [3.05, 3.63) is 33.2 Å². The van der Waals surface area contributed by atoms with Gasteiger partial charge in [0.1, 0.15) is 5.56 Å². The third-order valence-corrected chi connectivity index (χ3v) is 4.28. The zero-order valence-corrected chi connectivity index (χ0v) is 12.7. The van der Waals surface area contributed by atoms with Gasteiger partial charge in [0.15, 0.2) is 0 Å². The molecule has 2 rings (SSSR count). The van der Waals surface area contributed by atoms with Gasteiger partial charge in [-0.1, -0.05) is 25.7 Å². The lowest BCUT2D eigenvalue weighted by molar-refractivity contribution is 0.0930. The minimum absolute atomic E-state index is 0.200. The molecule has 0 unspecified atom stereocenters. The molecule has 0 aromatic carbocycles. The largest absolute Gasteiger partial charge is 0.349 e. The van der Waals surface area contributed by atoms with Crippen LogP contribution in [0, 0.1) is 13.8 Å². The van der Waals surface area contributed by atoms with Crippen LogP contribution in [0.3, 0.4) is 0 Å². The molecule has 1 aromatic heterocycles. The lowest BCUT2D eigenvalue weighted by atomic mass is 10.1. The average molecular weight is 276 g/mol. The van der Waals surface area contributed by atoms with Crippen LogP contribution in [0.25, 0.3) is 0 Å². The molecule has 4 nitrogen and oxygen atoms in total. The van der Waals surface area contributed by atoms with E-state index in [9.17, 15) is 9.59 Å². The van der Waals surface area contributed by atoms with E-state index in [1.54, 1.807) is 7.05 Å². The van der Waals surface area contributed by atoms with Gasteiger partial charge in [0.25, 0.3) is 11.5 Å². The Labute approximate surface area is 120 Å². The van der Waals surface area contributed by atoms with Crippen LogP contribution >= 0.6 is 0 Å². The minimum atomic E-state index is -0.213. The van der Waals surface area contributed by atoms with Crippen molar-refractivity contribution < 1.29 is 4.79 Å². The second-order valence-corrected chi connectivity index (χ2v) is 5.87. The highest BCUT2D eigenvalue weighted by Crippen LogP contribution is 2.17. The van der Waals surface area contributed by atoms with Crippen LogP contribution in [-0.2, 0) is 7.05 Å². The fourth-order valence-electron chi connectivity index (χ4n) is 2.94. The normalized spacial score (nSPS) is 16.8. The second-order valence-electron chi connectivity index (χ2n) is 5.87. The van der Waals surface area contributed by atoms with Gasteiger partial charge in [0.2, 0.25) is 0 Å². The molecule has 4 heteroatoms. The summed E-state index contributed by atoms with van der Waals surface area (Å²) in [6.45, 7) is 3.71. The number of pyridine rings is 1. The first-order valence-corrected chi connectivity index (χ1v) is 7.49. The van der Waals surface area contributed by atoms with Crippen molar-refractivity contribution in [3.63, 3.8) is 0 Å². The molecule has 20 heavy (non-hydrogen) atoms. The minimum Gasteiger partial charge on any atom is -0.349 e. The topological polar surface area (TPSA) is 51.1 Å². The summed E-state index contributed by atoms with van der Waals surface area (Å²) in [5, 5.41) is 3.05. The van der Waals surface area contributed by atoms with Gasteiger partial charge in [-0.3, -0.25) is 9.59 Å². The van der Waals surface area contributed by atoms with E-state index in [1.807, 2.05) is 19.9 Å². The molecule has 0 saturated heterocycles. The highest BCUT2D eigenvalue weighted by atomic mass is 16.2. The van der Waals surface area contributed by atoms with E-state index in [4.69, 9.17) is 0 Å². The van der Waals surface area contributed by atoms with E-state index in [-0.39, 0.29) is 17.5 Å². The first kappa shape index (κ1) is 14.8. The van der Waals surface area contributed by atoms with E-state index >= 15 is 0 Å². The van der Waals surface area contributed by atoms with Gasteiger partial charge >= 0.3 is 0 Å². The van der Waals surface area contributed by atoms with Crippen molar-refractivity contribution in [3.8, 4) is 0 Å². The number of carbonyl (C=O) groups is 1. The van der Waals surface area contributed by atoms with Crippen LogP contribution in [0.1, 0.15) is 60.1 Å². The van der Waals surface area contributed by atoms with Crippen LogP contribution in [0.5, 0.6) is 0 Å². The summed E-state index contributed by atoms with van der Waals surface area (Å²) < 4.78 is 1.54. The molecule has 0 aliphatic heterocycles. The van der Waals surface area contributed by atoms with Gasteiger partial charge in [0.05, 0.1) is 0 Å². The second kappa shape index (κ2) is 6.25. The number of aromatic nitrogens is 1. The quantitative estimate of drug-likeness (QED) is 0.844.